The molecule has 3 nitrogen and oxygen atoms in total. The summed E-state index contributed by atoms with van der Waals surface area (Å²) < 4.78 is 6.72. The molecule has 2 aromatic carbocycles. The van der Waals surface area contributed by atoms with E-state index in [2.05, 4.69) is 32.0 Å². The Morgan fingerprint density at radius 1 is 1.05 bits per heavy atom. The quantitative estimate of drug-likeness (QED) is 0.692. The molecule has 0 radical (unpaired) electrons. The van der Waals surface area contributed by atoms with Gasteiger partial charge in [-0.05, 0) is 32.8 Å². The Hall–Kier alpha value is -1.65. The number of benzene rings is 2. The number of nitrogens with zero attached hydrogens (tertiary/aromatic N) is 2. The van der Waals surface area contributed by atoms with Crippen molar-refractivity contribution < 1.29 is 4.74 Å². The van der Waals surface area contributed by atoms with Crippen LogP contribution >= 0.6 is 27.5 Å². The largest absolute Gasteiger partial charge is 0.486 e. The van der Waals surface area contributed by atoms with Crippen LogP contribution in [0.25, 0.3) is 10.8 Å². The summed E-state index contributed by atoms with van der Waals surface area (Å²) in [6, 6.07) is 12.1. The fourth-order valence-electron chi connectivity index (χ4n) is 1.89. The van der Waals surface area contributed by atoms with E-state index in [1.54, 1.807) is 6.20 Å². The van der Waals surface area contributed by atoms with Crippen LogP contribution in [0.15, 0.2) is 53.3 Å². The standard InChI is InChI=1S/C15H10BrClN2O/c16-15-12-4-2-1-3-10(12)5-6-13(15)20-9-11-7-19-14(17)8-18-11/h1-8H,9H2. The van der Waals surface area contributed by atoms with Gasteiger partial charge in [0, 0.05) is 0 Å². The first-order chi connectivity index (χ1) is 9.74. The van der Waals surface area contributed by atoms with Crippen molar-refractivity contribution in [2.24, 2.45) is 0 Å². The molecule has 0 N–H and O–H groups in total. The molecule has 0 saturated heterocycles. The number of aromatic nitrogens is 2. The molecule has 5 heteroatoms. The third-order valence-corrected chi connectivity index (χ3v) is 3.89. The maximum atomic E-state index is 5.78. The molecule has 100 valence electrons. The van der Waals surface area contributed by atoms with Gasteiger partial charge in [0.15, 0.2) is 0 Å². The van der Waals surface area contributed by atoms with Crippen molar-refractivity contribution in [3.8, 4) is 5.75 Å². The lowest BCUT2D eigenvalue weighted by molar-refractivity contribution is 0.299. The summed E-state index contributed by atoms with van der Waals surface area (Å²) in [5, 5.41) is 2.66. The van der Waals surface area contributed by atoms with Crippen molar-refractivity contribution in [1.82, 2.24) is 9.97 Å². The highest BCUT2D eigenvalue weighted by atomic mass is 79.9. The summed E-state index contributed by atoms with van der Waals surface area (Å²) in [4.78, 5) is 8.13. The Morgan fingerprint density at radius 2 is 1.90 bits per heavy atom. The summed E-state index contributed by atoms with van der Waals surface area (Å²) in [5.74, 6) is 0.778. The van der Waals surface area contributed by atoms with E-state index in [0.29, 0.717) is 11.8 Å². The molecule has 3 aromatic rings. The molecular formula is C15H10BrClN2O. The lowest BCUT2D eigenvalue weighted by Crippen LogP contribution is -1.99. The molecule has 0 bridgehead atoms. The summed E-state index contributed by atoms with van der Waals surface area (Å²) >= 11 is 9.28. The van der Waals surface area contributed by atoms with Gasteiger partial charge in [0.05, 0.1) is 22.6 Å². The minimum absolute atomic E-state index is 0.348. The Bertz CT molecular complexity index is 746. The van der Waals surface area contributed by atoms with Gasteiger partial charge in [0.25, 0.3) is 0 Å². The van der Waals surface area contributed by atoms with Crippen LogP contribution in [0.3, 0.4) is 0 Å². The zero-order valence-electron chi connectivity index (χ0n) is 10.4. The molecule has 20 heavy (non-hydrogen) atoms. The molecule has 1 heterocycles. The predicted molar refractivity (Wildman–Crippen MR) is 83.0 cm³/mol. The third kappa shape index (κ3) is 2.76. The predicted octanol–water partition coefficient (Wildman–Crippen LogP) is 4.62. The SMILES string of the molecule is Clc1cnc(COc2ccc3ccccc3c2Br)cn1. The zero-order valence-corrected chi connectivity index (χ0v) is 12.7. The van der Waals surface area contributed by atoms with Crippen LogP contribution < -0.4 is 4.74 Å². The van der Waals surface area contributed by atoms with Crippen LogP contribution in [0.1, 0.15) is 5.69 Å². The van der Waals surface area contributed by atoms with Gasteiger partial charge >= 0.3 is 0 Å². The second kappa shape index (κ2) is 5.77. The van der Waals surface area contributed by atoms with Crippen LogP contribution in [0.4, 0.5) is 0 Å². The molecule has 0 saturated carbocycles. The van der Waals surface area contributed by atoms with Crippen molar-refractivity contribution in [1.29, 1.82) is 0 Å². The zero-order chi connectivity index (χ0) is 13.9. The third-order valence-electron chi connectivity index (χ3n) is 2.88. The van der Waals surface area contributed by atoms with Gasteiger partial charge in [0.2, 0.25) is 0 Å². The Labute approximate surface area is 129 Å². The summed E-state index contributed by atoms with van der Waals surface area (Å²) in [5.41, 5.74) is 0.731. The molecule has 0 unspecified atom stereocenters. The molecule has 0 aliphatic carbocycles. The van der Waals surface area contributed by atoms with Gasteiger partial charge < -0.3 is 4.74 Å². The molecule has 0 atom stereocenters. The van der Waals surface area contributed by atoms with E-state index in [-0.39, 0.29) is 0 Å². The summed E-state index contributed by atoms with van der Waals surface area (Å²) in [6.07, 6.45) is 3.12. The van der Waals surface area contributed by atoms with Gasteiger partial charge in [0.1, 0.15) is 17.5 Å². The number of halogens is 2. The number of ether oxygens (including phenoxy) is 1. The molecule has 0 aliphatic heterocycles. The maximum absolute atomic E-state index is 5.78. The molecule has 3 rings (SSSR count). The van der Waals surface area contributed by atoms with Crippen molar-refractivity contribution in [2.75, 3.05) is 0 Å². The molecule has 0 aliphatic rings. The van der Waals surface area contributed by atoms with Crippen molar-refractivity contribution in [2.45, 2.75) is 6.61 Å². The fourth-order valence-corrected chi connectivity index (χ4v) is 2.60. The number of rotatable bonds is 3. The lowest BCUT2D eigenvalue weighted by Gasteiger charge is -2.10. The number of fused-ring (bicyclic) bond motifs is 1. The maximum Gasteiger partial charge on any atom is 0.147 e. The van der Waals surface area contributed by atoms with E-state index >= 15 is 0 Å². The number of hydrogen-bond donors (Lipinski definition) is 0. The topological polar surface area (TPSA) is 35.0 Å². The van der Waals surface area contributed by atoms with Gasteiger partial charge in [-0.2, -0.15) is 0 Å². The molecule has 0 amide bonds. The Balaban J connectivity index is 1.84. The highest BCUT2D eigenvalue weighted by Gasteiger charge is 2.06. The lowest BCUT2D eigenvalue weighted by atomic mass is 10.1. The average Bonchev–Trinajstić information content (AvgIpc) is 2.49. The van der Waals surface area contributed by atoms with Crippen LogP contribution in [0.2, 0.25) is 5.15 Å². The van der Waals surface area contributed by atoms with Crippen molar-refractivity contribution in [3.63, 3.8) is 0 Å². The first-order valence-electron chi connectivity index (χ1n) is 6.00. The smallest absolute Gasteiger partial charge is 0.147 e. The Morgan fingerprint density at radius 3 is 2.70 bits per heavy atom. The number of hydrogen-bond acceptors (Lipinski definition) is 3. The van der Waals surface area contributed by atoms with Gasteiger partial charge in [-0.1, -0.05) is 41.9 Å². The van der Waals surface area contributed by atoms with Crippen LogP contribution in [-0.2, 0) is 6.61 Å². The van der Waals surface area contributed by atoms with Gasteiger partial charge in [-0.25, -0.2) is 4.98 Å². The highest BCUT2D eigenvalue weighted by Crippen LogP contribution is 2.33. The first kappa shape index (κ1) is 13.3. The molecular weight excluding hydrogens is 340 g/mol. The minimum Gasteiger partial charge on any atom is -0.486 e. The van der Waals surface area contributed by atoms with Crippen molar-refractivity contribution >= 4 is 38.3 Å². The van der Waals surface area contributed by atoms with Crippen LogP contribution in [0, 0.1) is 0 Å². The van der Waals surface area contributed by atoms with E-state index in [9.17, 15) is 0 Å². The van der Waals surface area contributed by atoms with E-state index in [1.807, 2.05) is 30.3 Å². The monoisotopic (exact) mass is 348 g/mol. The van der Waals surface area contributed by atoms with Gasteiger partial charge in [-0.15, -0.1) is 0 Å². The van der Waals surface area contributed by atoms with Crippen molar-refractivity contribution in [3.05, 3.63) is 64.1 Å². The fraction of sp³-hybridized carbons (Fsp3) is 0.0667. The minimum atomic E-state index is 0.348. The van der Waals surface area contributed by atoms with E-state index in [1.165, 1.54) is 6.20 Å². The first-order valence-corrected chi connectivity index (χ1v) is 7.17. The van der Waals surface area contributed by atoms with Gasteiger partial charge in [-0.3, -0.25) is 4.98 Å². The second-order valence-corrected chi connectivity index (χ2v) is 5.40. The molecule has 0 fully saturated rings. The van der Waals surface area contributed by atoms with Crippen LogP contribution in [-0.4, -0.2) is 9.97 Å². The summed E-state index contributed by atoms with van der Waals surface area (Å²) in [7, 11) is 0. The second-order valence-electron chi connectivity index (χ2n) is 4.22. The molecule has 0 spiro atoms. The normalized spacial score (nSPS) is 10.7. The van der Waals surface area contributed by atoms with E-state index < -0.39 is 0 Å². The van der Waals surface area contributed by atoms with E-state index in [0.717, 1.165) is 26.7 Å². The van der Waals surface area contributed by atoms with E-state index in [4.69, 9.17) is 16.3 Å². The summed E-state index contributed by atoms with van der Waals surface area (Å²) in [6.45, 7) is 0.348. The average molecular weight is 350 g/mol. The molecule has 1 aromatic heterocycles. The highest BCUT2D eigenvalue weighted by molar-refractivity contribution is 9.10. The van der Waals surface area contributed by atoms with Crippen LogP contribution in [0.5, 0.6) is 5.75 Å². The Kier molecular flexibility index (Phi) is 3.85.